The molecule has 0 spiro atoms. The van der Waals surface area contributed by atoms with Gasteiger partial charge < -0.3 is 20.3 Å². The van der Waals surface area contributed by atoms with Gasteiger partial charge in [0.2, 0.25) is 5.91 Å². The van der Waals surface area contributed by atoms with E-state index in [2.05, 4.69) is 99.0 Å². The van der Waals surface area contributed by atoms with Crippen LogP contribution in [0.15, 0.2) is 72.9 Å². The molecule has 1 amide bonds. The number of amides is 1. The van der Waals surface area contributed by atoms with Gasteiger partial charge in [0.25, 0.3) is 0 Å². The molecule has 0 saturated carbocycles. The zero-order valence-electron chi connectivity index (χ0n) is 41.4. The summed E-state index contributed by atoms with van der Waals surface area (Å²) in [4.78, 5) is 26.2. The largest absolute Gasteiger partial charge is 0.462 e. The minimum absolute atomic E-state index is 0.0511. The van der Waals surface area contributed by atoms with Gasteiger partial charge in [-0.1, -0.05) is 222 Å². The zero-order valence-corrected chi connectivity index (χ0v) is 41.4. The Labute approximate surface area is 390 Å². The molecule has 3 unspecified atom stereocenters. The molecule has 0 heterocycles. The molecule has 3 N–H and O–H groups in total. The van der Waals surface area contributed by atoms with E-state index in [0.717, 1.165) is 122 Å². The van der Waals surface area contributed by atoms with Gasteiger partial charge in [-0.2, -0.15) is 0 Å². The summed E-state index contributed by atoms with van der Waals surface area (Å²) < 4.78 is 5.92. The Kier molecular flexibility index (Phi) is 48.1. The van der Waals surface area contributed by atoms with Crippen molar-refractivity contribution in [1.29, 1.82) is 0 Å². The average Bonchev–Trinajstić information content (AvgIpc) is 3.28. The third-order valence-corrected chi connectivity index (χ3v) is 11.8. The Morgan fingerprint density at radius 1 is 0.476 bits per heavy atom. The molecule has 0 aliphatic heterocycles. The van der Waals surface area contributed by atoms with Crippen molar-refractivity contribution >= 4 is 11.9 Å². The van der Waals surface area contributed by atoms with Gasteiger partial charge in [0.05, 0.1) is 25.2 Å². The van der Waals surface area contributed by atoms with Crippen molar-refractivity contribution in [2.75, 3.05) is 6.61 Å². The van der Waals surface area contributed by atoms with E-state index >= 15 is 0 Å². The summed E-state index contributed by atoms with van der Waals surface area (Å²) in [5.74, 6) is -0.522. The standard InChI is InChI=1S/C57H101NO5/c1-4-7-10-13-16-19-22-25-28-29-31-34-37-40-43-46-49-55(60)54(52-59)58-56(61)51-53(48-45-42-39-36-33-30-26-23-20-17-14-11-8-5-2)63-57(62)50-47-44-41-38-35-32-27-24-21-18-15-12-9-6-3/h8-9,11-12,17-18,20-21,26-27,30,32,53-55,59-60H,4-7,10,13-16,19,22-25,28-29,31,33-52H2,1-3H3,(H,58,61)/b11-8+,12-9+,20-17+,21-18+,30-26+,32-27+. The Hall–Kier alpha value is -2.70. The van der Waals surface area contributed by atoms with Gasteiger partial charge in [0.15, 0.2) is 0 Å². The Morgan fingerprint density at radius 3 is 1.30 bits per heavy atom. The number of hydrogen-bond donors (Lipinski definition) is 3. The molecule has 0 aromatic carbocycles. The fourth-order valence-electron chi connectivity index (χ4n) is 7.81. The smallest absolute Gasteiger partial charge is 0.306 e. The lowest BCUT2D eigenvalue weighted by atomic mass is 10.0. The van der Waals surface area contributed by atoms with Gasteiger partial charge >= 0.3 is 5.97 Å². The predicted octanol–water partition coefficient (Wildman–Crippen LogP) is 16.2. The van der Waals surface area contributed by atoms with Gasteiger partial charge in [-0.25, -0.2) is 0 Å². The van der Waals surface area contributed by atoms with E-state index in [0.29, 0.717) is 19.3 Å². The molecule has 6 heteroatoms. The summed E-state index contributed by atoms with van der Waals surface area (Å²) in [6, 6.07) is -0.717. The summed E-state index contributed by atoms with van der Waals surface area (Å²) in [7, 11) is 0. The SMILES string of the molecule is CC/C=C/C/C=C/C/C=C/CCCCCCC(=O)OC(CCCCCC/C=C/C/C=C/C/C=C/CC)CC(=O)NC(CO)C(O)CCCCCCCCCCCCCCCCCC. The molecule has 3 atom stereocenters. The number of unbranched alkanes of at least 4 members (excludes halogenated alkanes) is 23. The van der Waals surface area contributed by atoms with Crippen molar-refractivity contribution in [3.05, 3.63) is 72.9 Å². The molecule has 364 valence electrons. The first-order valence-corrected chi connectivity index (χ1v) is 26.7. The lowest BCUT2D eigenvalue weighted by molar-refractivity contribution is -0.151. The molecule has 0 radical (unpaired) electrons. The van der Waals surface area contributed by atoms with Crippen LogP contribution >= 0.6 is 0 Å². The van der Waals surface area contributed by atoms with Gasteiger partial charge in [0.1, 0.15) is 6.10 Å². The third-order valence-electron chi connectivity index (χ3n) is 11.8. The highest BCUT2D eigenvalue weighted by atomic mass is 16.5. The highest BCUT2D eigenvalue weighted by Crippen LogP contribution is 2.18. The summed E-state index contributed by atoms with van der Waals surface area (Å²) in [5, 5.41) is 23.8. The van der Waals surface area contributed by atoms with Crippen LogP contribution in [-0.2, 0) is 14.3 Å². The van der Waals surface area contributed by atoms with E-state index in [1.165, 1.54) is 83.5 Å². The lowest BCUT2D eigenvalue weighted by Crippen LogP contribution is -2.46. The second-order valence-electron chi connectivity index (χ2n) is 17.9. The molecule has 0 bridgehead atoms. The molecular formula is C57H101NO5. The van der Waals surface area contributed by atoms with E-state index < -0.39 is 18.2 Å². The number of hydrogen-bond acceptors (Lipinski definition) is 5. The molecule has 0 rings (SSSR count). The van der Waals surface area contributed by atoms with Crippen LogP contribution in [0.1, 0.15) is 252 Å². The number of carbonyl (C=O) groups excluding carboxylic acids is 2. The van der Waals surface area contributed by atoms with E-state index in [1.807, 2.05) is 0 Å². The van der Waals surface area contributed by atoms with Crippen molar-refractivity contribution < 1.29 is 24.5 Å². The van der Waals surface area contributed by atoms with Crippen molar-refractivity contribution in [3.63, 3.8) is 0 Å². The molecule has 0 aliphatic rings. The maximum atomic E-state index is 13.2. The summed E-state index contributed by atoms with van der Waals surface area (Å²) in [6.45, 7) is 6.26. The van der Waals surface area contributed by atoms with E-state index in [-0.39, 0.29) is 24.9 Å². The topological polar surface area (TPSA) is 95.9 Å². The number of nitrogens with one attached hydrogen (secondary N) is 1. The van der Waals surface area contributed by atoms with E-state index in [9.17, 15) is 19.8 Å². The second kappa shape index (κ2) is 50.3. The predicted molar refractivity (Wildman–Crippen MR) is 273 cm³/mol. The highest BCUT2D eigenvalue weighted by Gasteiger charge is 2.24. The van der Waals surface area contributed by atoms with Crippen molar-refractivity contribution in [1.82, 2.24) is 5.32 Å². The third kappa shape index (κ3) is 45.7. The van der Waals surface area contributed by atoms with Crippen molar-refractivity contribution in [3.8, 4) is 0 Å². The minimum atomic E-state index is -0.801. The first-order chi connectivity index (χ1) is 31.0. The molecule has 0 aromatic rings. The Bertz CT molecular complexity index is 1170. The minimum Gasteiger partial charge on any atom is -0.462 e. The highest BCUT2D eigenvalue weighted by molar-refractivity contribution is 5.77. The number of rotatable bonds is 47. The molecule has 0 fully saturated rings. The molecule has 63 heavy (non-hydrogen) atoms. The van der Waals surface area contributed by atoms with Gasteiger partial charge in [0, 0.05) is 6.42 Å². The van der Waals surface area contributed by atoms with Gasteiger partial charge in [-0.3, -0.25) is 9.59 Å². The maximum absolute atomic E-state index is 13.2. The van der Waals surface area contributed by atoms with Gasteiger partial charge in [-0.05, 0) is 89.9 Å². The van der Waals surface area contributed by atoms with Crippen LogP contribution in [0.3, 0.4) is 0 Å². The number of carbonyl (C=O) groups is 2. The number of ether oxygens (including phenoxy) is 1. The molecular weight excluding hydrogens is 779 g/mol. The summed E-state index contributed by atoms with van der Waals surface area (Å²) >= 11 is 0. The first kappa shape index (κ1) is 60.3. The monoisotopic (exact) mass is 880 g/mol. The number of aliphatic hydroxyl groups is 2. The fourth-order valence-corrected chi connectivity index (χ4v) is 7.81. The molecule has 6 nitrogen and oxygen atoms in total. The second-order valence-corrected chi connectivity index (χ2v) is 17.9. The van der Waals surface area contributed by atoms with Crippen LogP contribution < -0.4 is 5.32 Å². The first-order valence-electron chi connectivity index (χ1n) is 26.7. The summed E-state index contributed by atoms with van der Waals surface area (Å²) in [5.41, 5.74) is 0. The van der Waals surface area contributed by atoms with Gasteiger partial charge in [-0.15, -0.1) is 0 Å². The van der Waals surface area contributed by atoms with Crippen LogP contribution in [0.25, 0.3) is 0 Å². The quantitative estimate of drug-likeness (QED) is 0.0321. The summed E-state index contributed by atoms with van der Waals surface area (Å²) in [6.07, 6.45) is 63.9. The maximum Gasteiger partial charge on any atom is 0.306 e. The van der Waals surface area contributed by atoms with E-state index in [1.54, 1.807) is 0 Å². The van der Waals surface area contributed by atoms with Crippen LogP contribution in [0, 0.1) is 0 Å². The number of allylic oxidation sites excluding steroid dienone is 12. The normalized spacial score (nSPS) is 13.8. The molecule has 0 saturated heterocycles. The van der Waals surface area contributed by atoms with Crippen molar-refractivity contribution in [2.24, 2.45) is 0 Å². The van der Waals surface area contributed by atoms with Crippen LogP contribution in [0.2, 0.25) is 0 Å². The Morgan fingerprint density at radius 2 is 0.857 bits per heavy atom. The van der Waals surface area contributed by atoms with Crippen LogP contribution in [0.4, 0.5) is 0 Å². The molecule has 0 aliphatic carbocycles. The van der Waals surface area contributed by atoms with Crippen LogP contribution in [-0.4, -0.2) is 46.9 Å². The van der Waals surface area contributed by atoms with Crippen LogP contribution in [0.5, 0.6) is 0 Å². The fraction of sp³-hybridized carbons (Fsp3) is 0.754. The number of aliphatic hydroxyl groups excluding tert-OH is 2. The Balaban J connectivity index is 4.61. The zero-order chi connectivity index (χ0) is 45.9. The number of esters is 1. The molecule has 0 aromatic heterocycles. The average molecular weight is 880 g/mol. The van der Waals surface area contributed by atoms with E-state index in [4.69, 9.17) is 4.74 Å². The van der Waals surface area contributed by atoms with Crippen molar-refractivity contribution in [2.45, 2.75) is 270 Å². The lowest BCUT2D eigenvalue weighted by Gasteiger charge is -2.24.